The summed E-state index contributed by atoms with van der Waals surface area (Å²) in [4.78, 5) is 14.3. The summed E-state index contributed by atoms with van der Waals surface area (Å²) in [5.41, 5.74) is 2.56. The number of hydrogen-bond acceptors (Lipinski definition) is 4. The Hall–Kier alpha value is -2.09. The van der Waals surface area contributed by atoms with Crippen LogP contribution in [-0.2, 0) is 4.79 Å². The number of aliphatic hydroxyl groups excluding tert-OH is 1. The van der Waals surface area contributed by atoms with Gasteiger partial charge in [0, 0.05) is 31.6 Å². The van der Waals surface area contributed by atoms with Crippen LogP contribution < -0.4 is 4.90 Å². The van der Waals surface area contributed by atoms with E-state index in [1.54, 1.807) is 0 Å². The first-order valence-electron chi connectivity index (χ1n) is 12.6. The van der Waals surface area contributed by atoms with E-state index >= 15 is 0 Å². The van der Waals surface area contributed by atoms with Gasteiger partial charge in [0.15, 0.2) is 5.78 Å². The van der Waals surface area contributed by atoms with Crippen molar-refractivity contribution >= 4 is 11.5 Å². The summed E-state index contributed by atoms with van der Waals surface area (Å²) >= 11 is 0. The van der Waals surface area contributed by atoms with Gasteiger partial charge in [0.25, 0.3) is 0 Å². The molecule has 3 saturated carbocycles. The van der Waals surface area contributed by atoms with Crippen LogP contribution >= 0.6 is 0 Å². The SMILES string of the molecule is CN(C)c1ccc([C@H]2C[C@@]3(C)[C@@H](CC[C@@]3(O)C#CCO)[C@@H]3CCC4=CC(=O)CCC4C23)cc1. The lowest BCUT2D eigenvalue weighted by atomic mass is 9.46. The second-order valence-electron chi connectivity index (χ2n) is 11.3. The van der Waals surface area contributed by atoms with Crippen LogP contribution in [0.4, 0.5) is 5.69 Å². The molecule has 4 aliphatic carbocycles. The molecule has 0 spiro atoms. The van der Waals surface area contributed by atoms with Crippen molar-refractivity contribution in [2.24, 2.45) is 29.1 Å². The third-order valence-corrected chi connectivity index (χ3v) is 9.67. The van der Waals surface area contributed by atoms with Gasteiger partial charge in [-0.3, -0.25) is 4.79 Å². The van der Waals surface area contributed by atoms with Gasteiger partial charge in [-0.2, -0.15) is 0 Å². The monoisotopic (exact) mass is 447 g/mol. The van der Waals surface area contributed by atoms with Crippen LogP contribution in [0.25, 0.3) is 0 Å². The predicted molar refractivity (Wildman–Crippen MR) is 131 cm³/mol. The van der Waals surface area contributed by atoms with Gasteiger partial charge < -0.3 is 15.1 Å². The molecule has 0 aliphatic heterocycles. The topological polar surface area (TPSA) is 60.8 Å². The number of nitrogens with zero attached hydrogens (tertiary/aromatic N) is 1. The van der Waals surface area contributed by atoms with Crippen LogP contribution in [0.5, 0.6) is 0 Å². The Bertz CT molecular complexity index is 1020. The molecule has 2 N–H and O–H groups in total. The number of rotatable bonds is 2. The molecule has 0 amide bonds. The Morgan fingerprint density at radius 1 is 1.09 bits per heavy atom. The van der Waals surface area contributed by atoms with Crippen LogP contribution in [0.1, 0.15) is 63.4 Å². The van der Waals surface area contributed by atoms with Crippen molar-refractivity contribution in [2.45, 2.75) is 63.4 Å². The lowest BCUT2D eigenvalue weighted by Crippen LogP contribution is -2.54. The van der Waals surface area contributed by atoms with E-state index in [1.807, 2.05) is 6.08 Å². The number of anilines is 1. The van der Waals surface area contributed by atoms with Crippen molar-refractivity contribution < 1.29 is 15.0 Å². The first-order valence-corrected chi connectivity index (χ1v) is 12.6. The average Bonchev–Trinajstić information content (AvgIpc) is 3.07. The van der Waals surface area contributed by atoms with Crippen molar-refractivity contribution in [2.75, 3.05) is 25.6 Å². The maximum absolute atomic E-state index is 12.2. The maximum Gasteiger partial charge on any atom is 0.155 e. The molecule has 1 aromatic carbocycles. The van der Waals surface area contributed by atoms with Crippen LogP contribution in [0, 0.1) is 40.9 Å². The van der Waals surface area contributed by atoms with E-state index in [9.17, 15) is 15.0 Å². The summed E-state index contributed by atoms with van der Waals surface area (Å²) in [5, 5.41) is 21.1. The highest BCUT2D eigenvalue weighted by Crippen LogP contribution is 2.68. The van der Waals surface area contributed by atoms with Gasteiger partial charge in [-0.25, -0.2) is 0 Å². The second kappa shape index (κ2) is 8.29. The highest BCUT2D eigenvalue weighted by atomic mass is 16.3. The quantitative estimate of drug-likeness (QED) is 0.663. The van der Waals surface area contributed by atoms with Gasteiger partial charge in [-0.15, -0.1) is 0 Å². The van der Waals surface area contributed by atoms with E-state index in [0.717, 1.165) is 32.1 Å². The Labute approximate surface area is 198 Å². The number of carbonyl (C=O) groups is 1. The largest absolute Gasteiger partial charge is 0.384 e. The third kappa shape index (κ3) is 3.56. The van der Waals surface area contributed by atoms with Gasteiger partial charge in [0.1, 0.15) is 12.2 Å². The summed E-state index contributed by atoms with van der Waals surface area (Å²) in [6.07, 6.45) is 8.27. The molecular formula is C29H37NO3. The van der Waals surface area contributed by atoms with Crippen molar-refractivity contribution in [1.82, 2.24) is 0 Å². The minimum Gasteiger partial charge on any atom is -0.384 e. The summed E-state index contributed by atoms with van der Waals surface area (Å²) in [5.74, 6) is 8.45. The van der Waals surface area contributed by atoms with Gasteiger partial charge in [0.05, 0.1) is 0 Å². The second-order valence-corrected chi connectivity index (χ2v) is 11.3. The molecule has 33 heavy (non-hydrogen) atoms. The lowest BCUT2D eigenvalue weighted by molar-refractivity contribution is -0.117. The Morgan fingerprint density at radius 2 is 1.85 bits per heavy atom. The zero-order valence-corrected chi connectivity index (χ0v) is 20.2. The molecule has 1 aromatic rings. The van der Waals surface area contributed by atoms with E-state index in [4.69, 9.17) is 0 Å². The summed E-state index contributed by atoms with van der Waals surface area (Å²) in [7, 11) is 4.12. The zero-order chi connectivity index (χ0) is 23.4. The Balaban J connectivity index is 1.59. The number of ketones is 1. The molecule has 3 fully saturated rings. The molecule has 4 heteroatoms. The van der Waals surface area contributed by atoms with E-state index in [0.29, 0.717) is 48.2 Å². The van der Waals surface area contributed by atoms with Crippen molar-refractivity contribution in [3.63, 3.8) is 0 Å². The fourth-order valence-corrected chi connectivity index (χ4v) is 8.06. The highest BCUT2D eigenvalue weighted by Gasteiger charge is 2.64. The smallest absolute Gasteiger partial charge is 0.155 e. The molecule has 4 nitrogen and oxygen atoms in total. The van der Waals surface area contributed by atoms with E-state index < -0.39 is 5.60 Å². The Morgan fingerprint density at radius 3 is 2.55 bits per heavy atom. The lowest BCUT2D eigenvalue weighted by Gasteiger charge is -2.58. The normalized spacial score (nSPS) is 39.5. The van der Waals surface area contributed by atoms with Gasteiger partial charge >= 0.3 is 0 Å². The van der Waals surface area contributed by atoms with Gasteiger partial charge in [-0.05, 0) is 91.9 Å². The predicted octanol–water partition coefficient (Wildman–Crippen LogP) is 4.31. The number of fused-ring (bicyclic) bond motifs is 5. The minimum absolute atomic E-state index is 0.213. The summed E-state index contributed by atoms with van der Waals surface area (Å²) in [6.45, 7) is 2.04. The fraction of sp³-hybridized carbons (Fsp3) is 0.621. The first-order chi connectivity index (χ1) is 15.8. The van der Waals surface area contributed by atoms with Gasteiger partial charge in [-0.1, -0.05) is 36.5 Å². The molecule has 4 aliphatic rings. The molecule has 176 valence electrons. The van der Waals surface area contributed by atoms with E-state index in [-0.39, 0.29) is 12.0 Å². The molecular weight excluding hydrogens is 410 g/mol. The minimum atomic E-state index is -1.05. The number of allylic oxidation sites excluding steroid dienone is 1. The number of aliphatic hydroxyl groups is 2. The first kappa shape index (κ1) is 22.7. The van der Waals surface area contributed by atoms with Crippen LogP contribution in [0.3, 0.4) is 0 Å². The highest BCUT2D eigenvalue weighted by molar-refractivity contribution is 5.91. The van der Waals surface area contributed by atoms with E-state index in [1.165, 1.54) is 16.8 Å². The molecule has 0 heterocycles. The summed E-state index contributed by atoms with van der Waals surface area (Å²) < 4.78 is 0. The fourth-order valence-electron chi connectivity index (χ4n) is 8.06. The molecule has 0 aromatic heterocycles. The average molecular weight is 448 g/mol. The van der Waals surface area contributed by atoms with Crippen molar-refractivity contribution in [3.8, 4) is 11.8 Å². The number of benzene rings is 1. The molecule has 0 bridgehead atoms. The summed E-state index contributed by atoms with van der Waals surface area (Å²) in [6, 6.07) is 8.96. The zero-order valence-electron chi connectivity index (χ0n) is 20.2. The van der Waals surface area contributed by atoms with Gasteiger partial charge in [0.2, 0.25) is 0 Å². The van der Waals surface area contributed by atoms with Crippen molar-refractivity contribution in [1.29, 1.82) is 0 Å². The third-order valence-electron chi connectivity index (χ3n) is 9.67. The maximum atomic E-state index is 12.2. The van der Waals surface area contributed by atoms with Crippen molar-refractivity contribution in [3.05, 3.63) is 41.5 Å². The molecule has 0 saturated heterocycles. The van der Waals surface area contributed by atoms with Crippen LogP contribution in [-0.4, -0.2) is 42.3 Å². The molecule has 2 unspecified atom stereocenters. The van der Waals surface area contributed by atoms with E-state index in [2.05, 4.69) is 62.0 Å². The number of hydrogen-bond donors (Lipinski definition) is 2. The molecule has 5 rings (SSSR count). The standard InChI is InChI=1S/C29H37NO3/c1-28-18-25(19-5-8-21(9-6-19)30(2)3)27-23-12-10-22(32)17-20(23)7-11-24(27)26(28)13-15-29(28,33)14-4-16-31/h5-6,8-9,17,23-27,31,33H,7,10-13,15-16,18H2,1-3H3/t23?,24-,25+,26-,27?,28-,29-/m0/s1. The molecule has 7 atom stereocenters. The van der Waals surface area contributed by atoms with Crippen LogP contribution in [0.2, 0.25) is 0 Å². The number of carbonyl (C=O) groups excluding carboxylic acids is 1. The molecule has 0 radical (unpaired) electrons. The Kier molecular flexibility index (Phi) is 5.70. The van der Waals surface area contributed by atoms with Crippen LogP contribution in [0.15, 0.2) is 35.9 Å².